The van der Waals surface area contributed by atoms with Gasteiger partial charge < -0.3 is 10.3 Å². The summed E-state index contributed by atoms with van der Waals surface area (Å²) in [5.74, 6) is 0.670. The first kappa shape index (κ1) is 10.1. The minimum absolute atomic E-state index is 0.525. The molecule has 2 N–H and O–H groups in total. The molecule has 0 amide bonds. The Morgan fingerprint density at radius 2 is 1.83 bits per heavy atom. The summed E-state index contributed by atoms with van der Waals surface area (Å²) in [6.07, 6.45) is 0. The predicted molar refractivity (Wildman–Crippen MR) is 53.6 cm³/mol. The Morgan fingerprint density at radius 3 is 2.25 bits per heavy atom. The van der Waals surface area contributed by atoms with Gasteiger partial charge in [0.2, 0.25) is 0 Å². The smallest absolute Gasteiger partial charge is 0.284 e. The summed E-state index contributed by atoms with van der Waals surface area (Å²) in [6.45, 7) is -0.853. The first-order valence-electron chi connectivity index (χ1n) is 3.31. The van der Waals surface area contributed by atoms with Crippen LogP contribution in [0.15, 0.2) is 24.3 Å². The van der Waals surface area contributed by atoms with E-state index >= 15 is 0 Å². The molecule has 0 saturated heterocycles. The average Bonchev–Trinajstić information content (AvgIpc) is 2.05. The lowest BCUT2D eigenvalue weighted by Gasteiger charge is -2.04. The number of nitrogens with two attached hydrogens (primary N) is 1. The molecule has 0 unspecified atom stereocenters. The maximum absolute atomic E-state index is 5.47. The maximum atomic E-state index is 5.47. The monoisotopic (exact) mass is 223 g/mol. The van der Waals surface area contributed by atoms with E-state index < -0.39 is 6.85 Å². The molecule has 0 heterocycles. The summed E-state index contributed by atoms with van der Waals surface area (Å²) in [7, 11) is 0. The molecule has 0 aliphatic carbocycles. The summed E-state index contributed by atoms with van der Waals surface area (Å²) >= 11 is 10.9. The van der Waals surface area contributed by atoms with Crippen LogP contribution in [-0.4, -0.2) is 0 Å². The molecule has 0 saturated carbocycles. The number of benzene rings is 1. The van der Waals surface area contributed by atoms with Crippen LogP contribution in [0.4, 0.5) is 0 Å². The van der Waals surface area contributed by atoms with Gasteiger partial charge in [0.25, 0.3) is 6.85 Å². The second-order valence-corrected chi connectivity index (χ2v) is 5.09. The Balaban J connectivity index is 2.65. The highest BCUT2D eigenvalue weighted by Crippen LogP contribution is 2.47. The third-order valence-electron chi connectivity index (χ3n) is 1.33. The highest BCUT2D eigenvalue weighted by Gasteiger charge is 2.01. The van der Waals surface area contributed by atoms with E-state index in [1.165, 1.54) is 0 Å². The molecule has 0 bridgehead atoms. The van der Waals surface area contributed by atoms with E-state index in [4.69, 9.17) is 32.7 Å². The Hall–Kier alpha value is -0.0100. The van der Waals surface area contributed by atoms with E-state index in [0.29, 0.717) is 12.3 Å². The van der Waals surface area contributed by atoms with Crippen molar-refractivity contribution in [2.75, 3.05) is 0 Å². The van der Waals surface area contributed by atoms with Gasteiger partial charge in [-0.2, -0.15) is 0 Å². The molecule has 0 fully saturated rings. The van der Waals surface area contributed by atoms with Gasteiger partial charge >= 0.3 is 0 Å². The lowest BCUT2D eigenvalue weighted by molar-refractivity contribution is 0.637. The Kier molecular flexibility index (Phi) is 4.10. The fourth-order valence-corrected chi connectivity index (χ4v) is 1.53. The maximum Gasteiger partial charge on any atom is 0.284 e. The molecule has 5 heteroatoms. The van der Waals surface area contributed by atoms with Gasteiger partial charge in [0.05, 0.1) is 0 Å². The molecule has 0 radical (unpaired) electrons. The van der Waals surface area contributed by atoms with Gasteiger partial charge in [0.15, 0.2) is 0 Å². The summed E-state index contributed by atoms with van der Waals surface area (Å²) in [4.78, 5) is 0. The zero-order chi connectivity index (χ0) is 8.97. The molecular weight excluding hydrogens is 216 g/mol. The van der Waals surface area contributed by atoms with Crippen molar-refractivity contribution in [3.63, 3.8) is 0 Å². The molecule has 66 valence electrons. The number of hydrogen-bond acceptors (Lipinski definition) is 2. The highest BCUT2D eigenvalue weighted by molar-refractivity contribution is 8.00. The number of halogens is 2. The molecule has 0 aliphatic heterocycles. The summed E-state index contributed by atoms with van der Waals surface area (Å²) in [6, 6.07) is 7.34. The van der Waals surface area contributed by atoms with Crippen LogP contribution in [0.3, 0.4) is 0 Å². The first-order valence-corrected chi connectivity index (χ1v) is 6.38. The Labute approximate surface area is 82.0 Å². The lowest BCUT2D eigenvalue weighted by atomic mass is 10.2. The fraction of sp³-hybridized carbons (Fsp3) is 0.143. The van der Waals surface area contributed by atoms with Gasteiger partial charge in [0.1, 0.15) is 5.75 Å². The minimum Gasteiger partial charge on any atom is -0.445 e. The molecule has 1 aromatic carbocycles. The standard InChI is InChI=1S/C7H8Cl2NOP/c8-12(9)11-7-3-1-6(5-10)2-4-7/h1-4H,5,10H2. The van der Waals surface area contributed by atoms with Crippen LogP contribution in [0.2, 0.25) is 0 Å². The molecule has 0 aromatic heterocycles. The average molecular weight is 224 g/mol. The molecule has 0 aliphatic rings. The zero-order valence-electron chi connectivity index (χ0n) is 6.21. The van der Waals surface area contributed by atoms with Crippen molar-refractivity contribution in [3.05, 3.63) is 29.8 Å². The number of rotatable bonds is 3. The van der Waals surface area contributed by atoms with Crippen LogP contribution in [0.25, 0.3) is 0 Å². The SMILES string of the molecule is NCc1ccc(OP(Cl)Cl)cc1. The molecular formula is C7H8Cl2NOP. The quantitative estimate of drug-likeness (QED) is 0.799. The van der Waals surface area contributed by atoms with Crippen molar-refractivity contribution >= 4 is 29.3 Å². The first-order chi connectivity index (χ1) is 5.72. The van der Waals surface area contributed by atoms with Crippen molar-refractivity contribution in [3.8, 4) is 5.75 Å². The van der Waals surface area contributed by atoms with Crippen molar-refractivity contribution in [2.24, 2.45) is 5.73 Å². The van der Waals surface area contributed by atoms with Crippen molar-refractivity contribution in [2.45, 2.75) is 6.54 Å². The predicted octanol–water partition coefficient (Wildman–Crippen LogP) is 3.23. The second-order valence-electron chi connectivity index (χ2n) is 2.14. The summed E-state index contributed by atoms with van der Waals surface area (Å²) < 4.78 is 5.07. The van der Waals surface area contributed by atoms with Crippen LogP contribution in [-0.2, 0) is 6.54 Å². The zero-order valence-corrected chi connectivity index (χ0v) is 8.61. The van der Waals surface area contributed by atoms with Crippen LogP contribution in [0.1, 0.15) is 5.56 Å². The lowest BCUT2D eigenvalue weighted by Crippen LogP contribution is -1.94. The van der Waals surface area contributed by atoms with E-state index in [0.717, 1.165) is 5.56 Å². The molecule has 0 atom stereocenters. The largest absolute Gasteiger partial charge is 0.445 e. The van der Waals surface area contributed by atoms with E-state index in [9.17, 15) is 0 Å². The van der Waals surface area contributed by atoms with Gasteiger partial charge in [-0.1, -0.05) is 12.1 Å². The van der Waals surface area contributed by atoms with Gasteiger partial charge in [-0.05, 0) is 40.2 Å². The van der Waals surface area contributed by atoms with Crippen LogP contribution in [0.5, 0.6) is 5.75 Å². The topological polar surface area (TPSA) is 35.2 Å². The van der Waals surface area contributed by atoms with E-state index in [-0.39, 0.29) is 0 Å². The highest BCUT2D eigenvalue weighted by atomic mass is 35.9. The summed E-state index contributed by atoms with van der Waals surface area (Å²) in [5, 5.41) is 0. The fourth-order valence-electron chi connectivity index (χ4n) is 0.766. The van der Waals surface area contributed by atoms with Crippen molar-refractivity contribution < 1.29 is 4.52 Å². The molecule has 0 spiro atoms. The minimum atomic E-state index is -1.38. The Bertz CT molecular complexity index is 240. The van der Waals surface area contributed by atoms with Crippen molar-refractivity contribution in [1.82, 2.24) is 0 Å². The van der Waals surface area contributed by atoms with Crippen LogP contribution < -0.4 is 10.3 Å². The van der Waals surface area contributed by atoms with E-state index in [1.807, 2.05) is 12.1 Å². The van der Waals surface area contributed by atoms with Crippen LogP contribution in [0, 0.1) is 0 Å². The molecule has 1 rings (SSSR count). The van der Waals surface area contributed by atoms with Gasteiger partial charge in [0, 0.05) is 6.54 Å². The molecule has 12 heavy (non-hydrogen) atoms. The summed E-state index contributed by atoms with van der Waals surface area (Å²) in [5.41, 5.74) is 6.46. The van der Waals surface area contributed by atoms with Gasteiger partial charge in [-0.15, -0.1) is 0 Å². The van der Waals surface area contributed by atoms with Crippen LogP contribution >= 0.6 is 29.3 Å². The van der Waals surface area contributed by atoms with Gasteiger partial charge in [-0.25, -0.2) is 0 Å². The second kappa shape index (κ2) is 4.88. The van der Waals surface area contributed by atoms with E-state index in [1.54, 1.807) is 12.1 Å². The van der Waals surface area contributed by atoms with E-state index in [2.05, 4.69) is 0 Å². The van der Waals surface area contributed by atoms with Gasteiger partial charge in [-0.3, -0.25) is 0 Å². The Morgan fingerprint density at radius 1 is 1.25 bits per heavy atom. The van der Waals surface area contributed by atoms with Crippen molar-refractivity contribution in [1.29, 1.82) is 0 Å². The number of hydrogen-bond donors (Lipinski definition) is 1. The molecule has 2 nitrogen and oxygen atoms in total. The third-order valence-corrected chi connectivity index (χ3v) is 2.10. The molecule has 1 aromatic rings. The third kappa shape index (κ3) is 3.16. The normalized spacial score (nSPS) is 10.3.